The van der Waals surface area contributed by atoms with Gasteiger partial charge in [0.2, 0.25) is 0 Å². The van der Waals surface area contributed by atoms with E-state index in [1.807, 2.05) is 41.8 Å². The largest absolute Gasteiger partial charge is 0.462 e. The molecule has 3 aliphatic carbocycles. The maximum absolute atomic E-state index is 12.1. The van der Waals surface area contributed by atoms with E-state index in [9.17, 15) is 4.79 Å². The first kappa shape index (κ1) is 15.6. The van der Waals surface area contributed by atoms with Gasteiger partial charge in [-0.15, -0.1) is 0 Å². The number of benzene rings is 1. The number of hydrogen-bond donors (Lipinski definition) is 0. The van der Waals surface area contributed by atoms with Gasteiger partial charge in [-0.1, -0.05) is 6.07 Å². The molecule has 2 bridgehead atoms. The molecule has 3 aromatic rings. The first-order valence-corrected chi connectivity index (χ1v) is 9.14. The van der Waals surface area contributed by atoms with Gasteiger partial charge in [-0.25, -0.2) is 14.3 Å². The summed E-state index contributed by atoms with van der Waals surface area (Å²) in [4.78, 5) is 16.9. The number of ether oxygens (including phenoxy) is 1. The molecule has 0 saturated heterocycles. The van der Waals surface area contributed by atoms with Crippen molar-refractivity contribution in [3.63, 3.8) is 0 Å². The van der Waals surface area contributed by atoms with Gasteiger partial charge in [-0.3, -0.25) is 0 Å². The van der Waals surface area contributed by atoms with Crippen LogP contribution in [0.15, 0.2) is 42.7 Å². The van der Waals surface area contributed by atoms with E-state index in [0.717, 1.165) is 30.6 Å². The van der Waals surface area contributed by atoms with Gasteiger partial charge in [-0.2, -0.15) is 5.10 Å². The second-order valence-corrected chi connectivity index (χ2v) is 7.79. The molecule has 3 saturated carbocycles. The fraction of sp³-hybridized carbons (Fsp3) is 0.381. The summed E-state index contributed by atoms with van der Waals surface area (Å²) in [6.07, 6.45) is 7.14. The summed E-state index contributed by atoms with van der Waals surface area (Å²) in [7, 11) is 0. The van der Waals surface area contributed by atoms with Crippen LogP contribution in [0, 0.1) is 6.92 Å². The predicted molar refractivity (Wildman–Crippen MR) is 97.3 cm³/mol. The molecule has 26 heavy (non-hydrogen) atoms. The fourth-order valence-electron chi connectivity index (χ4n) is 4.97. The highest BCUT2D eigenvalue weighted by atomic mass is 16.5. The second kappa shape index (κ2) is 5.16. The van der Waals surface area contributed by atoms with E-state index in [1.165, 1.54) is 11.1 Å². The minimum atomic E-state index is -0.235. The van der Waals surface area contributed by atoms with E-state index in [-0.39, 0.29) is 16.8 Å². The molecule has 6 rings (SSSR count). The molecule has 0 aliphatic heterocycles. The third-order valence-corrected chi connectivity index (χ3v) is 6.13. The van der Waals surface area contributed by atoms with Crippen LogP contribution in [0.3, 0.4) is 0 Å². The topological polar surface area (TPSA) is 56.5 Å². The van der Waals surface area contributed by atoms with Crippen LogP contribution >= 0.6 is 0 Å². The lowest BCUT2D eigenvalue weighted by Crippen LogP contribution is -2.67. The lowest BCUT2D eigenvalue weighted by Gasteiger charge is -2.70. The van der Waals surface area contributed by atoms with E-state index >= 15 is 0 Å². The molecule has 2 heterocycles. The summed E-state index contributed by atoms with van der Waals surface area (Å²) in [6.45, 7) is 4.37. The van der Waals surface area contributed by atoms with Gasteiger partial charge in [0.25, 0.3) is 0 Å². The van der Waals surface area contributed by atoms with Crippen LogP contribution in [0.25, 0.3) is 5.65 Å². The van der Waals surface area contributed by atoms with Crippen molar-refractivity contribution in [3.05, 3.63) is 65.1 Å². The van der Waals surface area contributed by atoms with Crippen molar-refractivity contribution >= 4 is 11.6 Å². The third kappa shape index (κ3) is 2.00. The highest BCUT2D eigenvalue weighted by Crippen LogP contribution is 2.74. The van der Waals surface area contributed by atoms with Crippen LogP contribution < -0.4 is 0 Å². The summed E-state index contributed by atoms with van der Waals surface area (Å²) in [5, 5.41) is 4.33. The van der Waals surface area contributed by atoms with Gasteiger partial charge >= 0.3 is 5.97 Å². The number of imidazole rings is 1. The Morgan fingerprint density at radius 1 is 1.23 bits per heavy atom. The Bertz CT molecular complexity index is 984. The number of carbonyl (C=O) groups is 1. The van der Waals surface area contributed by atoms with Gasteiger partial charge < -0.3 is 4.74 Å². The summed E-state index contributed by atoms with van der Waals surface area (Å²) in [5.74, 6) is -0.235. The SMILES string of the molecule is CCOC(=O)c1ccc(C)c(C23CC(c4cn5ncccc5n4)(C2)C3)c1. The van der Waals surface area contributed by atoms with Crippen LogP contribution in [0.4, 0.5) is 0 Å². The van der Waals surface area contributed by atoms with E-state index < -0.39 is 0 Å². The molecule has 3 aliphatic rings. The number of nitrogens with zero attached hydrogens (tertiary/aromatic N) is 3. The number of carbonyl (C=O) groups excluding carboxylic acids is 1. The molecular formula is C21H21N3O2. The monoisotopic (exact) mass is 347 g/mol. The zero-order valence-corrected chi connectivity index (χ0v) is 15.0. The average Bonchev–Trinajstić information content (AvgIpc) is 2.98. The lowest BCUT2D eigenvalue weighted by molar-refractivity contribution is -0.0724. The highest BCUT2D eigenvalue weighted by molar-refractivity contribution is 5.90. The van der Waals surface area contributed by atoms with Crippen LogP contribution in [0.5, 0.6) is 0 Å². The predicted octanol–water partition coefficient (Wildman–Crippen LogP) is 3.59. The van der Waals surface area contributed by atoms with Gasteiger partial charge in [0, 0.05) is 11.6 Å². The van der Waals surface area contributed by atoms with Crippen molar-refractivity contribution in [1.29, 1.82) is 0 Å². The average molecular weight is 347 g/mol. The zero-order valence-electron chi connectivity index (χ0n) is 15.0. The molecule has 0 N–H and O–H groups in total. The quantitative estimate of drug-likeness (QED) is 0.677. The van der Waals surface area contributed by atoms with Gasteiger partial charge in [0.05, 0.1) is 24.1 Å². The summed E-state index contributed by atoms with van der Waals surface area (Å²) in [5.41, 5.74) is 5.63. The molecule has 0 spiro atoms. The van der Waals surface area contributed by atoms with Crippen molar-refractivity contribution in [2.45, 2.75) is 43.9 Å². The number of aromatic nitrogens is 3. The van der Waals surface area contributed by atoms with E-state index in [1.54, 1.807) is 6.20 Å². The third-order valence-electron chi connectivity index (χ3n) is 6.13. The normalized spacial score (nSPS) is 26.2. The van der Waals surface area contributed by atoms with E-state index in [2.05, 4.69) is 18.2 Å². The first-order chi connectivity index (χ1) is 12.6. The maximum Gasteiger partial charge on any atom is 0.338 e. The Morgan fingerprint density at radius 2 is 2.04 bits per heavy atom. The molecule has 0 amide bonds. The molecule has 3 fully saturated rings. The Morgan fingerprint density at radius 3 is 2.77 bits per heavy atom. The molecule has 2 aromatic heterocycles. The van der Waals surface area contributed by atoms with Gasteiger partial charge in [0.1, 0.15) is 0 Å². The molecule has 1 aromatic carbocycles. The van der Waals surface area contributed by atoms with Gasteiger partial charge in [0.15, 0.2) is 5.65 Å². The van der Waals surface area contributed by atoms with Gasteiger partial charge in [-0.05, 0) is 73.9 Å². The van der Waals surface area contributed by atoms with Crippen molar-refractivity contribution in [2.75, 3.05) is 6.61 Å². The maximum atomic E-state index is 12.1. The molecule has 0 atom stereocenters. The first-order valence-electron chi connectivity index (χ1n) is 9.14. The zero-order chi connectivity index (χ0) is 17.9. The highest BCUT2D eigenvalue weighted by Gasteiger charge is 2.70. The van der Waals surface area contributed by atoms with E-state index in [4.69, 9.17) is 9.72 Å². The minimum absolute atomic E-state index is 0.181. The Labute approximate surface area is 152 Å². The Balaban J connectivity index is 1.43. The van der Waals surface area contributed by atoms with Crippen molar-refractivity contribution in [3.8, 4) is 0 Å². The van der Waals surface area contributed by atoms with Crippen molar-refractivity contribution in [2.24, 2.45) is 0 Å². The number of hydrogen-bond acceptors (Lipinski definition) is 4. The second-order valence-electron chi connectivity index (χ2n) is 7.79. The van der Waals surface area contributed by atoms with Crippen molar-refractivity contribution < 1.29 is 9.53 Å². The fourth-order valence-corrected chi connectivity index (χ4v) is 4.97. The number of rotatable bonds is 4. The molecule has 132 valence electrons. The number of fused-ring (bicyclic) bond motifs is 1. The number of esters is 1. The van der Waals surface area contributed by atoms with Crippen LogP contribution in [-0.2, 0) is 15.6 Å². The Kier molecular flexibility index (Phi) is 3.09. The summed E-state index contributed by atoms with van der Waals surface area (Å²) >= 11 is 0. The molecule has 0 radical (unpaired) electrons. The van der Waals surface area contributed by atoms with Crippen LogP contribution in [-0.4, -0.2) is 27.2 Å². The number of aryl methyl sites for hydroxylation is 1. The standard InChI is InChI=1S/C21H21N3O2/c1-3-26-19(25)15-7-6-14(2)16(9-15)20-11-21(12-20,13-20)17-10-24-18(23-17)5-4-8-22-24/h4-10H,3,11-13H2,1-2H3. The van der Waals surface area contributed by atoms with Crippen LogP contribution in [0.1, 0.15) is 53.4 Å². The van der Waals surface area contributed by atoms with Crippen LogP contribution in [0.2, 0.25) is 0 Å². The molecular weight excluding hydrogens is 326 g/mol. The molecule has 5 heteroatoms. The van der Waals surface area contributed by atoms with Crippen molar-refractivity contribution in [1.82, 2.24) is 14.6 Å². The summed E-state index contributed by atoms with van der Waals surface area (Å²) < 4.78 is 7.02. The Hall–Kier alpha value is -2.69. The summed E-state index contributed by atoms with van der Waals surface area (Å²) in [6, 6.07) is 9.86. The smallest absolute Gasteiger partial charge is 0.338 e. The lowest BCUT2D eigenvalue weighted by atomic mass is 9.32. The van der Waals surface area contributed by atoms with E-state index in [0.29, 0.717) is 12.2 Å². The molecule has 0 unspecified atom stereocenters. The molecule has 5 nitrogen and oxygen atoms in total. The minimum Gasteiger partial charge on any atom is -0.462 e.